The average Bonchev–Trinajstić information content (AvgIpc) is 3.52. The predicted octanol–water partition coefficient (Wildman–Crippen LogP) is 1.13. The number of aliphatic hydroxyl groups is 1. The Balaban J connectivity index is 1.72. The lowest BCUT2D eigenvalue weighted by Crippen LogP contribution is -2.60. The maximum atomic E-state index is 14.6. The second-order valence-corrected chi connectivity index (χ2v) is 13.1. The molecule has 4 aliphatic heterocycles. The van der Waals surface area contributed by atoms with Crippen molar-refractivity contribution in [2.45, 2.75) is 55.3 Å². The molecular weight excluding hydrogens is 580 g/mol. The largest absolute Gasteiger partial charge is 0.394 e. The summed E-state index contributed by atoms with van der Waals surface area (Å²) in [7, 11) is 1.69. The molecule has 0 aromatic rings. The standard InChI is InChI=1S/C29H45BrN4O6/c1-6-8-31(5)26(36)22-23-27(37)34(20(18-35)16-19(3)4)25(29(23)17-21(30)24(22)40-29)28(38)33(9-7-2)11-10-32-12-14-39-15-13-32/h6-7,19-25,35H,1-2,8-18H2,3-5H3/t20-,21?,22-,23+,24-,25?,29?/m1/s1. The van der Waals surface area contributed by atoms with E-state index in [1.54, 1.807) is 33.9 Å². The van der Waals surface area contributed by atoms with Crippen molar-refractivity contribution < 1.29 is 29.0 Å². The van der Waals surface area contributed by atoms with Crippen LogP contribution in [0.1, 0.15) is 26.7 Å². The first-order valence-electron chi connectivity index (χ1n) is 14.4. The van der Waals surface area contributed by atoms with Crippen LogP contribution in [-0.4, -0.2) is 137 Å². The van der Waals surface area contributed by atoms with E-state index in [0.29, 0.717) is 52.2 Å². The lowest BCUT2D eigenvalue weighted by Gasteiger charge is -2.40. The Morgan fingerprint density at radius 3 is 2.48 bits per heavy atom. The van der Waals surface area contributed by atoms with Gasteiger partial charge in [-0.05, 0) is 18.8 Å². The predicted molar refractivity (Wildman–Crippen MR) is 155 cm³/mol. The van der Waals surface area contributed by atoms with Gasteiger partial charge in [0.1, 0.15) is 11.6 Å². The van der Waals surface area contributed by atoms with Gasteiger partial charge in [-0.25, -0.2) is 0 Å². The molecule has 4 fully saturated rings. The number of hydrogen-bond acceptors (Lipinski definition) is 7. The fourth-order valence-corrected chi connectivity index (χ4v) is 8.03. The van der Waals surface area contributed by atoms with Crippen LogP contribution in [0.4, 0.5) is 0 Å². The first-order valence-corrected chi connectivity index (χ1v) is 15.3. The number of carbonyl (C=O) groups excluding carboxylic acids is 3. The summed E-state index contributed by atoms with van der Waals surface area (Å²) in [6.45, 7) is 16.1. The van der Waals surface area contributed by atoms with E-state index in [4.69, 9.17) is 9.47 Å². The highest BCUT2D eigenvalue weighted by atomic mass is 79.9. The normalized spacial score (nSPS) is 32.3. The molecule has 4 saturated heterocycles. The zero-order valence-electron chi connectivity index (χ0n) is 24.0. The van der Waals surface area contributed by atoms with Gasteiger partial charge in [-0.2, -0.15) is 0 Å². The molecule has 1 spiro atoms. The number of ether oxygens (including phenoxy) is 2. The maximum Gasteiger partial charge on any atom is 0.248 e. The van der Waals surface area contributed by atoms with Crippen LogP contribution in [0.2, 0.25) is 0 Å². The quantitative estimate of drug-likeness (QED) is 0.242. The van der Waals surface area contributed by atoms with Crippen LogP contribution in [0.15, 0.2) is 25.3 Å². The molecule has 11 heteroatoms. The lowest BCUT2D eigenvalue weighted by atomic mass is 9.70. The highest BCUT2D eigenvalue weighted by Crippen LogP contribution is 2.61. The molecule has 4 aliphatic rings. The molecule has 4 rings (SSSR count). The van der Waals surface area contributed by atoms with Gasteiger partial charge in [0.25, 0.3) is 0 Å². The Hall–Kier alpha value is -1.79. The van der Waals surface area contributed by atoms with Gasteiger partial charge in [-0.1, -0.05) is 41.9 Å². The molecule has 3 unspecified atom stereocenters. The van der Waals surface area contributed by atoms with Crippen LogP contribution in [0, 0.1) is 17.8 Å². The summed E-state index contributed by atoms with van der Waals surface area (Å²) in [5, 5.41) is 10.5. The summed E-state index contributed by atoms with van der Waals surface area (Å²) in [5.41, 5.74) is -1.16. The van der Waals surface area contributed by atoms with Gasteiger partial charge in [-0.3, -0.25) is 19.3 Å². The van der Waals surface area contributed by atoms with Gasteiger partial charge < -0.3 is 29.3 Å². The first-order chi connectivity index (χ1) is 19.1. The third-order valence-electron chi connectivity index (χ3n) is 8.82. The smallest absolute Gasteiger partial charge is 0.248 e. The van der Waals surface area contributed by atoms with Gasteiger partial charge in [0, 0.05) is 51.1 Å². The summed E-state index contributed by atoms with van der Waals surface area (Å²) >= 11 is 3.73. The van der Waals surface area contributed by atoms with Crippen LogP contribution < -0.4 is 0 Å². The molecule has 40 heavy (non-hydrogen) atoms. The van der Waals surface area contributed by atoms with E-state index in [1.165, 1.54) is 0 Å². The van der Waals surface area contributed by atoms with E-state index in [9.17, 15) is 19.5 Å². The van der Waals surface area contributed by atoms with Crippen molar-refractivity contribution in [3.63, 3.8) is 0 Å². The maximum absolute atomic E-state index is 14.6. The monoisotopic (exact) mass is 624 g/mol. The second kappa shape index (κ2) is 13.0. The SMILES string of the molecule is C=CCN(C)C(=O)[C@H]1[C@@H]2OC3(CC2Br)C(C(=O)N(CC=C)CCN2CCOCC2)N([C@@H](CO)CC(C)C)C(=O)[C@H]13. The van der Waals surface area contributed by atoms with Gasteiger partial charge in [0.05, 0.1) is 43.8 Å². The van der Waals surface area contributed by atoms with Crippen LogP contribution in [-0.2, 0) is 23.9 Å². The highest BCUT2D eigenvalue weighted by Gasteiger charge is 2.77. The van der Waals surface area contributed by atoms with E-state index in [-0.39, 0.29) is 35.1 Å². The van der Waals surface area contributed by atoms with Gasteiger partial charge in [-0.15, -0.1) is 13.2 Å². The number of morpholine rings is 1. The lowest BCUT2D eigenvalue weighted by molar-refractivity contribution is -0.152. The molecule has 224 valence electrons. The third kappa shape index (κ3) is 5.64. The number of likely N-dealkylation sites (N-methyl/N-ethyl adjacent to an activating group) is 1. The Labute approximate surface area is 246 Å². The van der Waals surface area contributed by atoms with Gasteiger partial charge >= 0.3 is 0 Å². The van der Waals surface area contributed by atoms with Crippen LogP contribution >= 0.6 is 15.9 Å². The van der Waals surface area contributed by atoms with E-state index in [2.05, 4.69) is 34.0 Å². The molecule has 0 aliphatic carbocycles. The molecule has 0 aromatic heterocycles. The summed E-state index contributed by atoms with van der Waals surface area (Å²) < 4.78 is 12.1. The van der Waals surface area contributed by atoms with E-state index in [1.807, 2.05) is 13.8 Å². The molecule has 0 saturated carbocycles. The number of halogens is 1. The molecule has 2 bridgehead atoms. The molecule has 10 nitrogen and oxygen atoms in total. The zero-order valence-corrected chi connectivity index (χ0v) is 25.6. The van der Waals surface area contributed by atoms with Gasteiger partial charge in [0.15, 0.2) is 0 Å². The zero-order chi connectivity index (χ0) is 29.2. The fraction of sp³-hybridized carbons (Fsp3) is 0.759. The third-order valence-corrected chi connectivity index (χ3v) is 9.67. The molecule has 1 N–H and O–H groups in total. The Morgan fingerprint density at radius 2 is 1.88 bits per heavy atom. The van der Waals surface area contributed by atoms with Crippen molar-refractivity contribution in [3.05, 3.63) is 25.3 Å². The molecule has 4 heterocycles. The number of hydrogen-bond donors (Lipinski definition) is 1. The first kappa shape index (κ1) is 31.2. The number of rotatable bonds is 13. The van der Waals surface area contributed by atoms with E-state index >= 15 is 0 Å². The van der Waals surface area contributed by atoms with Crippen molar-refractivity contribution in [1.29, 1.82) is 0 Å². The van der Waals surface area contributed by atoms with Crippen LogP contribution in [0.25, 0.3) is 0 Å². The molecule has 0 aromatic carbocycles. The highest BCUT2D eigenvalue weighted by molar-refractivity contribution is 9.09. The molecular formula is C29H45BrN4O6. The van der Waals surface area contributed by atoms with Crippen LogP contribution in [0.3, 0.4) is 0 Å². The number of alkyl halides is 1. The minimum Gasteiger partial charge on any atom is -0.394 e. The number of carbonyl (C=O) groups is 3. The Kier molecular flexibility index (Phi) is 10.1. The summed E-state index contributed by atoms with van der Waals surface area (Å²) in [4.78, 5) is 49.6. The average molecular weight is 626 g/mol. The van der Waals surface area contributed by atoms with Crippen LogP contribution in [0.5, 0.6) is 0 Å². The van der Waals surface area contributed by atoms with Crippen molar-refractivity contribution in [2.24, 2.45) is 17.8 Å². The summed E-state index contributed by atoms with van der Waals surface area (Å²) in [6.07, 6.45) is 3.78. The number of amides is 3. The molecule has 7 atom stereocenters. The number of fused-ring (bicyclic) bond motifs is 1. The summed E-state index contributed by atoms with van der Waals surface area (Å²) in [6, 6.07) is -1.51. The molecule has 3 amide bonds. The fourth-order valence-electron chi connectivity index (χ4n) is 7.09. The number of nitrogens with zero attached hydrogens (tertiary/aromatic N) is 4. The summed E-state index contributed by atoms with van der Waals surface area (Å²) in [5.74, 6) is -2.04. The molecule has 0 radical (unpaired) electrons. The van der Waals surface area contributed by atoms with E-state index < -0.39 is 35.6 Å². The Morgan fingerprint density at radius 1 is 1.20 bits per heavy atom. The van der Waals surface area contributed by atoms with Crippen molar-refractivity contribution in [2.75, 3.05) is 66.1 Å². The Bertz CT molecular complexity index is 974. The van der Waals surface area contributed by atoms with Gasteiger partial charge in [0.2, 0.25) is 17.7 Å². The van der Waals surface area contributed by atoms with E-state index in [0.717, 1.165) is 13.1 Å². The minimum absolute atomic E-state index is 0.182. The number of likely N-dealkylation sites (tertiary alicyclic amines) is 1. The van der Waals surface area contributed by atoms with Crippen molar-refractivity contribution in [1.82, 2.24) is 19.6 Å². The van der Waals surface area contributed by atoms with Crippen molar-refractivity contribution >= 4 is 33.7 Å². The minimum atomic E-state index is -1.16. The second-order valence-electron chi connectivity index (χ2n) is 11.9. The van der Waals surface area contributed by atoms with Crippen molar-refractivity contribution in [3.8, 4) is 0 Å². The number of aliphatic hydroxyl groups excluding tert-OH is 1. The topological polar surface area (TPSA) is 103 Å².